The molecule has 1 aliphatic rings. The van der Waals surface area contributed by atoms with E-state index in [-0.39, 0.29) is 11.8 Å². The normalized spacial score (nSPS) is 15.6. The zero-order valence-corrected chi connectivity index (χ0v) is 19.5. The smallest absolute Gasteiger partial charge is 0.258 e. The average molecular weight is 442 g/mol. The van der Waals surface area contributed by atoms with Crippen molar-refractivity contribution in [3.8, 4) is 0 Å². The molecule has 0 radical (unpaired) electrons. The van der Waals surface area contributed by atoms with E-state index >= 15 is 0 Å². The number of carbonyl (C=O) groups excluding carboxylic acids is 2. The molecule has 1 heterocycles. The molecule has 5 nitrogen and oxygen atoms in total. The zero-order chi connectivity index (χ0) is 23.4. The molecule has 0 fully saturated rings. The number of carbonyl (C=O) groups is 2. The molecular weight excluding hydrogens is 410 g/mol. The van der Waals surface area contributed by atoms with Gasteiger partial charge in [0, 0.05) is 29.5 Å². The summed E-state index contributed by atoms with van der Waals surface area (Å²) >= 11 is 0. The lowest BCUT2D eigenvalue weighted by Gasteiger charge is -2.27. The number of aryl methyl sites for hydroxylation is 1. The zero-order valence-electron chi connectivity index (χ0n) is 19.5. The number of hydrogen-bond acceptors (Lipinski definition) is 3. The van der Waals surface area contributed by atoms with Crippen LogP contribution in [0.4, 0.5) is 11.4 Å². The summed E-state index contributed by atoms with van der Waals surface area (Å²) in [5.41, 5.74) is 5.59. The van der Waals surface area contributed by atoms with Crippen LogP contribution in [0.1, 0.15) is 45.9 Å². The molecule has 0 aromatic heterocycles. The number of amides is 2. The maximum absolute atomic E-state index is 13.4. The van der Waals surface area contributed by atoms with Gasteiger partial charge in [-0.15, -0.1) is 0 Å². The van der Waals surface area contributed by atoms with Gasteiger partial charge < -0.3 is 15.1 Å². The molecule has 1 atom stereocenters. The summed E-state index contributed by atoms with van der Waals surface area (Å²) < 4.78 is 0. The van der Waals surface area contributed by atoms with E-state index < -0.39 is 0 Å². The maximum Gasteiger partial charge on any atom is 0.258 e. The monoisotopic (exact) mass is 441 g/mol. The van der Waals surface area contributed by atoms with Gasteiger partial charge in [0.2, 0.25) is 5.91 Å². The second-order valence-electron chi connectivity index (χ2n) is 8.87. The van der Waals surface area contributed by atoms with E-state index in [1.165, 1.54) is 5.56 Å². The minimum absolute atomic E-state index is 0.0142. The SMILES string of the molecule is Cc1ccccc1CC(=O)Nc1ccc(C(=O)N2CCCC(N(C)C)c3ccccc32)cc1. The van der Waals surface area contributed by atoms with Crippen LogP contribution in [0, 0.1) is 6.92 Å². The second kappa shape index (κ2) is 10.0. The molecular formula is C28H31N3O2. The van der Waals surface area contributed by atoms with Gasteiger partial charge in [-0.05, 0) is 80.9 Å². The van der Waals surface area contributed by atoms with Crippen molar-refractivity contribution in [2.24, 2.45) is 0 Å². The summed E-state index contributed by atoms with van der Waals surface area (Å²) in [7, 11) is 4.18. The first-order valence-corrected chi connectivity index (χ1v) is 11.5. The van der Waals surface area contributed by atoms with Gasteiger partial charge in [0.15, 0.2) is 0 Å². The number of hydrogen-bond donors (Lipinski definition) is 1. The minimum Gasteiger partial charge on any atom is -0.326 e. The summed E-state index contributed by atoms with van der Waals surface area (Å²) in [5.74, 6) is -0.0841. The van der Waals surface area contributed by atoms with Crippen molar-refractivity contribution in [3.63, 3.8) is 0 Å². The Balaban J connectivity index is 1.48. The van der Waals surface area contributed by atoms with Crippen LogP contribution in [0.2, 0.25) is 0 Å². The van der Waals surface area contributed by atoms with Crippen LogP contribution in [-0.2, 0) is 11.2 Å². The van der Waals surface area contributed by atoms with Crippen LogP contribution in [-0.4, -0.2) is 37.4 Å². The van der Waals surface area contributed by atoms with Gasteiger partial charge >= 0.3 is 0 Å². The number of para-hydroxylation sites is 1. The molecule has 0 spiro atoms. The number of nitrogens with zero attached hydrogens (tertiary/aromatic N) is 2. The van der Waals surface area contributed by atoms with Crippen LogP contribution >= 0.6 is 0 Å². The lowest BCUT2D eigenvalue weighted by atomic mass is 10.0. The molecule has 0 saturated carbocycles. The molecule has 0 saturated heterocycles. The third-order valence-electron chi connectivity index (χ3n) is 6.34. The summed E-state index contributed by atoms with van der Waals surface area (Å²) in [6.07, 6.45) is 2.28. The van der Waals surface area contributed by atoms with Gasteiger partial charge in [-0.3, -0.25) is 9.59 Å². The van der Waals surface area contributed by atoms with Crippen molar-refractivity contribution in [1.29, 1.82) is 0 Å². The highest BCUT2D eigenvalue weighted by molar-refractivity contribution is 6.07. The Bertz CT molecular complexity index is 1140. The third kappa shape index (κ3) is 5.15. The van der Waals surface area contributed by atoms with Crippen molar-refractivity contribution < 1.29 is 9.59 Å². The lowest BCUT2D eigenvalue weighted by molar-refractivity contribution is -0.115. The van der Waals surface area contributed by atoms with E-state index in [9.17, 15) is 9.59 Å². The van der Waals surface area contributed by atoms with Crippen molar-refractivity contribution in [2.75, 3.05) is 30.9 Å². The van der Waals surface area contributed by atoms with E-state index in [2.05, 4.69) is 30.4 Å². The van der Waals surface area contributed by atoms with E-state index in [0.29, 0.717) is 30.3 Å². The molecule has 1 N–H and O–H groups in total. The van der Waals surface area contributed by atoms with Gasteiger partial charge in [0.05, 0.1) is 6.42 Å². The first-order chi connectivity index (χ1) is 15.9. The molecule has 3 aromatic rings. The van der Waals surface area contributed by atoms with Crippen molar-refractivity contribution in [2.45, 2.75) is 32.2 Å². The fourth-order valence-corrected chi connectivity index (χ4v) is 4.52. The maximum atomic E-state index is 13.4. The topological polar surface area (TPSA) is 52.7 Å². The molecule has 2 amide bonds. The van der Waals surface area contributed by atoms with Crippen LogP contribution < -0.4 is 10.2 Å². The van der Waals surface area contributed by atoms with Gasteiger partial charge in [-0.25, -0.2) is 0 Å². The summed E-state index contributed by atoms with van der Waals surface area (Å²) in [6, 6.07) is 23.6. The van der Waals surface area contributed by atoms with Crippen LogP contribution in [0.25, 0.3) is 0 Å². The van der Waals surface area contributed by atoms with E-state index in [1.807, 2.05) is 54.3 Å². The third-order valence-corrected chi connectivity index (χ3v) is 6.34. The lowest BCUT2D eigenvalue weighted by Crippen LogP contribution is -2.31. The quantitative estimate of drug-likeness (QED) is 0.591. The van der Waals surface area contributed by atoms with Crippen LogP contribution in [0.5, 0.6) is 0 Å². The first kappa shape index (κ1) is 22.7. The predicted molar refractivity (Wildman–Crippen MR) is 134 cm³/mol. The van der Waals surface area contributed by atoms with Crippen LogP contribution in [0.3, 0.4) is 0 Å². The first-order valence-electron chi connectivity index (χ1n) is 11.5. The molecule has 1 aliphatic heterocycles. The Kier molecular flexibility index (Phi) is 6.90. The van der Waals surface area contributed by atoms with Gasteiger partial charge in [-0.2, -0.15) is 0 Å². The van der Waals surface area contributed by atoms with Crippen LogP contribution in [0.15, 0.2) is 72.8 Å². The number of fused-ring (bicyclic) bond motifs is 1. The Morgan fingerprint density at radius 2 is 1.67 bits per heavy atom. The summed E-state index contributed by atoms with van der Waals surface area (Å²) in [6.45, 7) is 2.69. The molecule has 0 aliphatic carbocycles. The van der Waals surface area contributed by atoms with Gasteiger partial charge in [-0.1, -0.05) is 42.5 Å². The highest BCUT2D eigenvalue weighted by atomic mass is 16.2. The standard InChI is InChI=1S/C28H31N3O2/c1-20-9-4-5-10-22(20)19-27(32)29-23-16-14-21(15-17-23)28(33)31-18-8-13-25(30(2)3)24-11-6-7-12-26(24)31/h4-7,9-12,14-17,25H,8,13,18-19H2,1-3H3,(H,29,32). The Morgan fingerprint density at radius 1 is 0.970 bits per heavy atom. The number of anilines is 2. The van der Waals surface area contributed by atoms with Gasteiger partial charge in [0.25, 0.3) is 5.91 Å². The number of rotatable bonds is 5. The largest absolute Gasteiger partial charge is 0.326 e. The summed E-state index contributed by atoms with van der Waals surface area (Å²) in [5, 5.41) is 2.94. The molecule has 0 bridgehead atoms. The molecule has 4 rings (SSSR count). The molecule has 33 heavy (non-hydrogen) atoms. The molecule has 5 heteroatoms. The summed E-state index contributed by atoms with van der Waals surface area (Å²) in [4.78, 5) is 30.0. The molecule has 3 aromatic carbocycles. The Hall–Kier alpha value is -3.44. The molecule has 170 valence electrons. The fraction of sp³-hybridized carbons (Fsp3) is 0.286. The Labute approximate surface area is 196 Å². The van der Waals surface area contributed by atoms with E-state index in [4.69, 9.17) is 0 Å². The fourth-order valence-electron chi connectivity index (χ4n) is 4.52. The van der Waals surface area contributed by atoms with Crippen molar-refractivity contribution in [1.82, 2.24) is 4.90 Å². The van der Waals surface area contributed by atoms with Crippen molar-refractivity contribution in [3.05, 3.63) is 95.1 Å². The number of benzene rings is 3. The minimum atomic E-state index is -0.0699. The average Bonchev–Trinajstić information content (AvgIpc) is 3.00. The highest BCUT2D eigenvalue weighted by Crippen LogP contribution is 2.36. The van der Waals surface area contributed by atoms with E-state index in [0.717, 1.165) is 29.7 Å². The Morgan fingerprint density at radius 3 is 2.39 bits per heavy atom. The van der Waals surface area contributed by atoms with Gasteiger partial charge in [0.1, 0.15) is 0 Å². The number of nitrogens with one attached hydrogen (secondary N) is 1. The van der Waals surface area contributed by atoms with Crippen molar-refractivity contribution >= 4 is 23.2 Å². The highest BCUT2D eigenvalue weighted by Gasteiger charge is 2.27. The molecule has 1 unspecified atom stereocenters. The van der Waals surface area contributed by atoms with E-state index in [1.54, 1.807) is 24.3 Å². The second-order valence-corrected chi connectivity index (χ2v) is 8.87. The predicted octanol–water partition coefficient (Wildman–Crippen LogP) is 5.22.